The van der Waals surface area contributed by atoms with Crippen LogP contribution in [-0.2, 0) is 6.18 Å². The Bertz CT molecular complexity index is 1350. The zero-order chi connectivity index (χ0) is 27.9. The summed E-state index contributed by atoms with van der Waals surface area (Å²) in [5.74, 6) is -0.219. The second-order valence-electron chi connectivity index (χ2n) is 10.1. The fourth-order valence-corrected chi connectivity index (χ4v) is 6.38. The van der Waals surface area contributed by atoms with Gasteiger partial charge in [-0.15, -0.1) is 10.2 Å². The Labute approximate surface area is 228 Å². The maximum Gasteiger partial charge on any atom is 0.435 e. The van der Waals surface area contributed by atoms with Crippen LogP contribution in [0.4, 0.5) is 28.5 Å². The van der Waals surface area contributed by atoms with Crippen LogP contribution in [0.25, 0.3) is 11.3 Å². The van der Waals surface area contributed by atoms with E-state index in [-0.39, 0.29) is 21.9 Å². The van der Waals surface area contributed by atoms with Crippen molar-refractivity contribution in [1.29, 1.82) is 0 Å². The molecule has 2 saturated heterocycles. The maximum atomic E-state index is 13.8. The van der Waals surface area contributed by atoms with Crippen LogP contribution in [0.2, 0.25) is 0 Å². The van der Waals surface area contributed by atoms with E-state index in [1.54, 1.807) is 19.2 Å². The number of rotatable bonds is 5. The predicted octanol–water partition coefficient (Wildman–Crippen LogP) is 5.72. The zero-order valence-corrected chi connectivity index (χ0v) is 22.9. The number of nitrogens with zero attached hydrogens (tertiary/aromatic N) is 6. The lowest BCUT2D eigenvalue weighted by Gasteiger charge is -2.37. The molecule has 4 heterocycles. The number of halogens is 4. The lowest BCUT2D eigenvalue weighted by atomic mass is 10.0. The van der Waals surface area contributed by atoms with Crippen LogP contribution in [0, 0.1) is 19.7 Å². The van der Waals surface area contributed by atoms with Crippen LogP contribution in [-0.4, -0.2) is 65.3 Å². The van der Waals surface area contributed by atoms with Gasteiger partial charge in [0.15, 0.2) is 16.6 Å². The summed E-state index contributed by atoms with van der Waals surface area (Å²) in [6.45, 7) is 6.39. The van der Waals surface area contributed by atoms with Crippen molar-refractivity contribution in [2.45, 2.75) is 51.7 Å². The van der Waals surface area contributed by atoms with E-state index in [2.05, 4.69) is 20.1 Å². The van der Waals surface area contributed by atoms with Crippen LogP contribution in [0.3, 0.4) is 0 Å². The topological polar surface area (TPSA) is 65.5 Å². The first kappa shape index (κ1) is 27.3. The second-order valence-corrected chi connectivity index (χ2v) is 11.1. The molecule has 2 aromatic heterocycles. The van der Waals surface area contributed by atoms with E-state index >= 15 is 0 Å². The quantitative estimate of drug-likeness (QED) is 0.371. The molecular weight excluding hydrogens is 532 g/mol. The van der Waals surface area contributed by atoms with Gasteiger partial charge in [-0.3, -0.25) is 4.79 Å². The highest BCUT2D eigenvalue weighted by atomic mass is 32.1. The Morgan fingerprint density at radius 3 is 2.23 bits per heavy atom. The molecule has 0 atom stereocenters. The van der Waals surface area contributed by atoms with Gasteiger partial charge in [0.05, 0.1) is 5.69 Å². The summed E-state index contributed by atoms with van der Waals surface area (Å²) in [5, 5.41) is 9.13. The van der Waals surface area contributed by atoms with Crippen LogP contribution >= 0.6 is 11.3 Å². The van der Waals surface area contributed by atoms with Gasteiger partial charge in [-0.2, -0.15) is 13.2 Å². The first-order chi connectivity index (χ1) is 18.5. The molecule has 2 fully saturated rings. The van der Waals surface area contributed by atoms with Gasteiger partial charge >= 0.3 is 6.18 Å². The Kier molecular flexibility index (Phi) is 7.49. The van der Waals surface area contributed by atoms with E-state index in [0.29, 0.717) is 44.7 Å². The fourth-order valence-electron chi connectivity index (χ4n) is 5.26. The van der Waals surface area contributed by atoms with Crippen molar-refractivity contribution in [2.24, 2.45) is 0 Å². The molecule has 1 aromatic carbocycles. The number of hydrogen-bond donors (Lipinski definition) is 0. The van der Waals surface area contributed by atoms with Crippen molar-refractivity contribution >= 4 is 28.2 Å². The standard InChI is InChI=1S/C27H30F4N6OS/c1-16-17(2)24(34-33-21(16)18-6-8-19(28)9-7-18)36-14-10-20(11-15-36)35(3)25(38)22-23(27(29,30)31)32-26(39-22)37-12-4-5-13-37/h6-9,20H,4-5,10-15H2,1-3H3. The monoisotopic (exact) mass is 562 g/mol. The summed E-state index contributed by atoms with van der Waals surface area (Å²) in [7, 11) is 1.57. The molecule has 0 N–H and O–H groups in total. The molecule has 0 aliphatic carbocycles. The molecule has 12 heteroatoms. The van der Waals surface area contributed by atoms with Crippen LogP contribution in [0.1, 0.15) is 52.2 Å². The van der Waals surface area contributed by atoms with Crippen LogP contribution < -0.4 is 9.80 Å². The third-order valence-corrected chi connectivity index (χ3v) is 8.81. The highest BCUT2D eigenvalue weighted by molar-refractivity contribution is 7.17. The Morgan fingerprint density at radius 1 is 0.974 bits per heavy atom. The molecule has 0 unspecified atom stereocenters. The number of alkyl halides is 3. The summed E-state index contributed by atoms with van der Waals surface area (Å²) in [6, 6.07) is 5.91. The summed E-state index contributed by atoms with van der Waals surface area (Å²) in [5.41, 5.74) is 2.28. The smallest absolute Gasteiger partial charge is 0.355 e. The lowest BCUT2D eigenvalue weighted by Crippen LogP contribution is -2.46. The SMILES string of the molecule is Cc1c(-c2ccc(F)cc2)nnc(N2CCC(N(C)C(=O)c3sc(N4CCCC4)nc3C(F)(F)F)CC2)c1C. The molecule has 0 radical (unpaired) electrons. The predicted molar refractivity (Wildman–Crippen MR) is 143 cm³/mol. The second kappa shape index (κ2) is 10.7. The van der Waals surface area contributed by atoms with Crippen molar-refractivity contribution in [1.82, 2.24) is 20.1 Å². The van der Waals surface area contributed by atoms with Gasteiger partial charge in [-0.25, -0.2) is 9.37 Å². The van der Waals surface area contributed by atoms with Gasteiger partial charge in [-0.05, 0) is 74.9 Å². The number of amides is 1. The maximum absolute atomic E-state index is 13.8. The van der Waals surface area contributed by atoms with Gasteiger partial charge in [0.2, 0.25) is 0 Å². The largest absolute Gasteiger partial charge is 0.435 e. The molecule has 208 valence electrons. The average Bonchev–Trinajstić information content (AvgIpc) is 3.61. The van der Waals surface area contributed by atoms with Crippen LogP contribution in [0.5, 0.6) is 0 Å². The molecule has 39 heavy (non-hydrogen) atoms. The number of carbonyl (C=O) groups is 1. The normalized spacial score (nSPS) is 16.7. The average molecular weight is 563 g/mol. The van der Waals surface area contributed by atoms with Crippen molar-refractivity contribution in [3.8, 4) is 11.3 Å². The number of thiazole rings is 1. The minimum absolute atomic E-state index is 0.208. The van der Waals surface area contributed by atoms with E-state index < -0.39 is 17.8 Å². The summed E-state index contributed by atoms with van der Waals surface area (Å²) in [4.78, 5) is 22.2. The van der Waals surface area contributed by atoms with Gasteiger partial charge in [0.25, 0.3) is 5.91 Å². The first-order valence-corrected chi connectivity index (χ1v) is 13.8. The molecule has 2 aliphatic heterocycles. The highest BCUT2D eigenvalue weighted by Crippen LogP contribution is 2.39. The molecular formula is C27H30F4N6OS. The van der Waals surface area contributed by atoms with E-state index in [4.69, 9.17) is 0 Å². The van der Waals surface area contributed by atoms with E-state index in [9.17, 15) is 22.4 Å². The van der Waals surface area contributed by atoms with Crippen LogP contribution in [0.15, 0.2) is 24.3 Å². The molecule has 0 spiro atoms. The third kappa shape index (κ3) is 5.43. The third-order valence-electron chi connectivity index (χ3n) is 7.70. The Balaban J connectivity index is 1.29. The number of piperidine rings is 1. The number of benzene rings is 1. The summed E-state index contributed by atoms with van der Waals surface area (Å²) >= 11 is 0.839. The molecule has 0 bridgehead atoms. The Morgan fingerprint density at radius 2 is 1.62 bits per heavy atom. The van der Waals surface area contributed by atoms with Crippen molar-refractivity contribution in [3.05, 3.63) is 51.8 Å². The number of hydrogen-bond acceptors (Lipinski definition) is 7. The van der Waals surface area contributed by atoms with E-state index in [1.165, 1.54) is 17.0 Å². The zero-order valence-electron chi connectivity index (χ0n) is 22.1. The van der Waals surface area contributed by atoms with Crippen molar-refractivity contribution in [2.75, 3.05) is 43.0 Å². The fraction of sp³-hybridized carbons (Fsp3) is 0.481. The summed E-state index contributed by atoms with van der Waals surface area (Å²) < 4.78 is 54.7. The summed E-state index contributed by atoms with van der Waals surface area (Å²) in [6.07, 6.45) is -1.72. The van der Waals surface area contributed by atoms with Gasteiger partial charge in [0, 0.05) is 44.8 Å². The number of anilines is 2. The molecule has 5 rings (SSSR count). The van der Waals surface area contributed by atoms with Crippen molar-refractivity contribution in [3.63, 3.8) is 0 Å². The van der Waals surface area contributed by atoms with Gasteiger partial charge in [0.1, 0.15) is 10.7 Å². The number of carbonyl (C=O) groups excluding carboxylic acids is 1. The Hall–Kier alpha value is -3.28. The first-order valence-electron chi connectivity index (χ1n) is 13.0. The molecule has 3 aromatic rings. The molecule has 2 aliphatic rings. The van der Waals surface area contributed by atoms with Crippen molar-refractivity contribution < 1.29 is 22.4 Å². The minimum atomic E-state index is -4.70. The van der Waals surface area contributed by atoms with Gasteiger partial charge in [-0.1, -0.05) is 11.3 Å². The van der Waals surface area contributed by atoms with Gasteiger partial charge < -0.3 is 14.7 Å². The molecule has 7 nitrogen and oxygen atoms in total. The highest BCUT2D eigenvalue weighted by Gasteiger charge is 2.42. The molecule has 1 amide bonds. The number of aromatic nitrogens is 3. The minimum Gasteiger partial charge on any atom is -0.355 e. The lowest BCUT2D eigenvalue weighted by molar-refractivity contribution is -0.141. The van der Waals surface area contributed by atoms with E-state index in [1.807, 2.05) is 18.7 Å². The van der Waals surface area contributed by atoms with E-state index in [0.717, 1.165) is 46.7 Å². The molecule has 0 saturated carbocycles.